The second-order valence-electron chi connectivity index (χ2n) is 3.99. The minimum absolute atomic E-state index is 0.209. The van der Waals surface area contributed by atoms with Gasteiger partial charge < -0.3 is 11.1 Å². The third-order valence-corrected chi connectivity index (χ3v) is 3.39. The Hall–Kier alpha value is -1.72. The SMILES string of the molecule is NCc1ccccc1CNC(=O)c1ncccc1Br. The molecule has 98 valence electrons. The molecule has 4 nitrogen and oxygen atoms in total. The predicted octanol–water partition coefficient (Wildman–Crippen LogP) is 2.23. The number of benzene rings is 1. The molecule has 0 saturated carbocycles. The van der Waals surface area contributed by atoms with Crippen LogP contribution in [0.5, 0.6) is 0 Å². The number of pyridine rings is 1. The van der Waals surface area contributed by atoms with Crippen molar-refractivity contribution < 1.29 is 4.79 Å². The van der Waals surface area contributed by atoms with E-state index in [0.717, 1.165) is 11.1 Å². The van der Waals surface area contributed by atoms with Crippen molar-refractivity contribution in [2.75, 3.05) is 0 Å². The molecular formula is C14H14BrN3O. The van der Waals surface area contributed by atoms with Crippen LogP contribution in [0.15, 0.2) is 47.1 Å². The molecule has 2 rings (SSSR count). The number of hydrogen-bond acceptors (Lipinski definition) is 3. The molecule has 5 heteroatoms. The lowest BCUT2D eigenvalue weighted by Gasteiger charge is -2.09. The molecule has 0 aliphatic heterocycles. The molecule has 0 unspecified atom stereocenters. The lowest BCUT2D eigenvalue weighted by molar-refractivity contribution is 0.0945. The molecule has 1 heterocycles. The van der Waals surface area contributed by atoms with E-state index in [9.17, 15) is 4.79 Å². The fraction of sp³-hybridized carbons (Fsp3) is 0.143. The van der Waals surface area contributed by atoms with E-state index in [2.05, 4.69) is 26.2 Å². The Morgan fingerprint density at radius 2 is 1.95 bits per heavy atom. The van der Waals surface area contributed by atoms with Crippen molar-refractivity contribution in [3.05, 3.63) is 63.9 Å². The van der Waals surface area contributed by atoms with E-state index in [-0.39, 0.29) is 5.91 Å². The Bertz CT molecular complexity index is 586. The minimum Gasteiger partial charge on any atom is -0.347 e. The molecule has 0 aliphatic carbocycles. The summed E-state index contributed by atoms with van der Waals surface area (Å²) in [4.78, 5) is 16.1. The molecule has 0 radical (unpaired) electrons. The van der Waals surface area contributed by atoms with E-state index in [1.54, 1.807) is 18.3 Å². The van der Waals surface area contributed by atoms with E-state index in [0.29, 0.717) is 23.3 Å². The summed E-state index contributed by atoms with van der Waals surface area (Å²) in [6.45, 7) is 0.897. The number of amides is 1. The summed E-state index contributed by atoms with van der Waals surface area (Å²) in [5, 5.41) is 2.84. The standard InChI is InChI=1S/C14H14BrN3O/c15-12-6-3-7-17-13(12)14(19)18-9-11-5-2-1-4-10(11)8-16/h1-7H,8-9,16H2,(H,18,19). The fourth-order valence-electron chi connectivity index (χ4n) is 1.74. The summed E-state index contributed by atoms with van der Waals surface area (Å²) in [5.41, 5.74) is 8.09. The van der Waals surface area contributed by atoms with Crippen LogP contribution in [-0.4, -0.2) is 10.9 Å². The Labute approximate surface area is 120 Å². The number of nitrogens with zero attached hydrogens (tertiary/aromatic N) is 1. The Morgan fingerprint density at radius 1 is 1.21 bits per heavy atom. The third-order valence-electron chi connectivity index (χ3n) is 2.75. The molecule has 0 bridgehead atoms. The predicted molar refractivity (Wildman–Crippen MR) is 77.4 cm³/mol. The fourth-order valence-corrected chi connectivity index (χ4v) is 2.18. The molecule has 0 saturated heterocycles. The van der Waals surface area contributed by atoms with Gasteiger partial charge in [0.15, 0.2) is 0 Å². The van der Waals surface area contributed by atoms with Crippen LogP contribution in [0.2, 0.25) is 0 Å². The van der Waals surface area contributed by atoms with Gasteiger partial charge in [-0.1, -0.05) is 24.3 Å². The first-order valence-corrected chi connectivity index (χ1v) is 6.67. The summed E-state index contributed by atoms with van der Waals surface area (Å²) in [6.07, 6.45) is 1.59. The number of nitrogens with one attached hydrogen (secondary N) is 1. The normalized spacial score (nSPS) is 10.2. The van der Waals surface area contributed by atoms with Gasteiger partial charge in [-0.3, -0.25) is 4.79 Å². The van der Waals surface area contributed by atoms with Crippen molar-refractivity contribution in [2.24, 2.45) is 5.73 Å². The van der Waals surface area contributed by atoms with Gasteiger partial charge in [-0.05, 0) is 39.2 Å². The van der Waals surface area contributed by atoms with Gasteiger partial charge in [0.1, 0.15) is 5.69 Å². The molecule has 0 fully saturated rings. The van der Waals surface area contributed by atoms with Gasteiger partial charge in [0.05, 0.1) is 0 Å². The Balaban J connectivity index is 2.07. The van der Waals surface area contributed by atoms with Crippen LogP contribution >= 0.6 is 15.9 Å². The number of halogens is 1. The lowest BCUT2D eigenvalue weighted by Crippen LogP contribution is -2.25. The molecule has 3 N–H and O–H groups in total. The van der Waals surface area contributed by atoms with E-state index in [1.165, 1.54) is 0 Å². The number of carbonyl (C=O) groups is 1. The smallest absolute Gasteiger partial charge is 0.271 e. The molecule has 0 aliphatic rings. The highest BCUT2D eigenvalue weighted by atomic mass is 79.9. The highest BCUT2D eigenvalue weighted by Crippen LogP contribution is 2.13. The van der Waals surface area contributed by atoms with E-state index >= 15 is 0 Å². The van der Waals surface area contributed by atoms with Crippen molar-refractivity contribution in [3.8, 4) is 0 Å². The second kappa shape index (κ2) is 6.45. The molecule has 1 amide bonds. The summed E-state index contributed by atoms with van der Waals surface area (Å²) in [5.74, 6) is -0.209. The van der Waals surface area contributed by atoms with Crippen LogP contribution in [0.1, 0.15) is 21.6 Å². The molecular weight excluding hydrogens is 306 g/mol. The van der Waals surface area contributed by atoms with E-state index in [4.69, 9.17) is 5.73 Å². The first kappa shape index (κ1) is 13.7. The van der Waals surface area contributed by atoms with Crippen LogP contribution in [0.3, 0.4) is 0 Å². The maximum absolute atomic E-state index is 12.0. The van der Waals surface area contributed by atoms with Gasteiger partial charge in [0, 0.05) is 23.8 Å². The number of carbonyl (C=O) groups excluding carboxylic acids is 1. The quantitative estimate of drug-likeness (QED) is 0.908. The summed E-state index contributed by atoms with van der Waals surface area (Å²) < 4.78 is 0.680. The largest absolute Gasteiger partial charge is 0.347 e. The van der Waals surface area contributed by atoms with Crippen LogP contribution < -0.4 is 11.1 Å². The number of nitrogens with two attached hydrogens (primary N) is 1. The highest BCUT2D eigenvalue weighted by molar-refractivity contribution is 9.10. The molecule has 0 spiro atoms. The third kappa shape index (κ3) is 3.39. The topological polar surface area (TPSA) is 68.0 Å². The monoisotopic (exact) mass is 319 g/mol. The van der Waals surface area contributed by atoms with Crippen LogP contribution in [0.4, 0.5) is 0 Å². The van der Waals surface area contributed by atoms with Crippen LogP contribution in [0, 0.1) is 0 Å². The summed E-state index contributed by atoms with van der Waals surface area (Å²) in [6, 6.07) is 11.3. The first-order valence-electron chi connectivity index (χ1n) is 5.88. The van der Waals surface area contributed by atoms with Gasteiger partial charge in [-0.2, -0.15) is 0 Å². The zero-order chi connectivity index (χ0) is 13.7. The molecule has 1 aromatic heterocycles. The van der Waals surface area contributed by atoms with Crippen molar-refractivity contribution >= 4 is 21.8 Å². The van der Waals surface area contributed by atoms with Gasteiger partial charge in [-0.25, -0.2) is 4.98 Å². The van der Waals surface area contributed by atoms with Gasteiger partial charge >= 0.3 is 0 Å². The Kier molecular flexibility index (Phi) is 4.65. The second-order valence-corrected chi connectivity index (χ2v) is 4.84. The van der Waals surface area contributed by atoms with Crippen molar-refractivity contribution in [2.45, 2.75) is 13.1 Å². The number of rotatable bonds is 4. The number of aromatic nitrogens is 1. The number of hydrogen-bond donors (Lipinski definition) is 2. The van der Waals surface area contributed by atoms with E-state index < -0.39 is 0 Å². The average Bonchev–Trinajstić information content (AvgIpc) is 2.45. The molecule has 2 aromatic rings. The maximum Gasteiger partial charge on any atom is 0.271 e. The average molecular weight is 320 g/mol. The minimum atomic E-state index is -0.209. The molecule has 0 atom stereocenters. The molecule has 19 heavy (non-hydrogen) atoms. The van der Waals surface area contributed by atoms with Gasteiger partial charge in [0.2, 0.25) is 0 Å². The Morgan fingerprint density at radius 3 is 2.63 bits per heavy atom. The first-order chi connectivity index (χ1) is 9.22. The maximum atomic E-state index is 12.0. The van der Waals surface area contributed by atoms with Crippen molar-refractivity contribution in [1.82, 2.24) is 10.3 Å². The summed E-state index contributed by atoms with van der Waals surface area (Å²) >= 11 is 3.31. The van der Waals surface area contributed by atoms with Crippen LogP contribution in [0.25, 0.3) is 0 Å². The molecule has 1 aromatic carbocycles. The zero-order valence-electron chi connectivity index (χ0n) is 10.3. The van der Waals surface area contributed by atoms with Crippen molar-refractivity contribution in [1.29, 1.82) is 0 Å². The highest BCUT2D eigenvalue weighted by Gasteiger charge is 2.11. The zero-order valence-corrected chi connectivity index (χ0v) is 11.9. The lowest BCUT2D eigenvalue weighted by atomic mass is 10.1. The van der Waals surface area contributed by atoms with Gasteiger partial charge in [-0.15, -0.1) is 0 Å². The van der Waals surface area contributed by atoms with Crippen molar-refractivity contribution in [3.63, 3.8) is 0 Å². The van der Waals surface area contributed by atoms with Gasteiger partial charge in [0.25, 0.3) is 5.91 Å². The van der Waals surface area contributed by atoms with E-state index in [1.807, 2.05) is 24.3 Å². The van der Waals surface area contributed by atoms with Crippen LogP contribution in [-0.2, 0) is 13.1 Å². The summed E-state index contributed by atoms with van der Waals surface area (Å²) in [7, 11) is 0.